The molecule has 1 aromatic heterocycles. The van der Waals surface area contributed by atoms with Crippen molar-refractivity contribution in [2.75, 3.05) is 36.7 Å². The number of carbonyl (C=O) groups excluding carboxylic acids is 2. The highest BCUT2D eigenvalue weighted by atomic mass is 32.2. The summed E-state index contributed by atoms with van der Waals surface area (Å²) in [6, 6.07) is 14.8. The summed E-state index contributed by atoms with van der Waals surface area (Å²) in [5, 5.41) is 0.301. The topological polar surface area (TPSA) is 112 Å². The number of anilines is 1. The monoisotopic (exact) mass is 511 g/mol. The Hall–Kier alpha value is -3.48. The highest BCUT2D eigenvalue weighted by Crippen LogP contribution is 2.39. The van der Waals surface area contributed by atoms with Gasteiger partial charge in [-0.05, 0) is 49.0 Å². The number of aryl methyl sites for hydroxylation is 1. The van der Waals surface area contributed by atoms with Crippen LogP contribution in [0, 0.1) is 6.92 Å². The number of rotatable bonds is 6. The molecule has 0 aliphatic carbocycles. The van der Waals surface area contributed by atoms with Gasteiger partial charge in [-0.15, -0.1) is 11.8 Å². The van der Waals surface area contributed by atoms with Crippen LogP contribution in [0.15, 0.2) is 53.3 Å². The fraction of sp³-hybridized carbons (Fsp3) is 0.261. The van der Waals surface area contributed by atoms with Crippen LogP contribution in [-0.2, 0) is 9.59 Å². The summed E-state index contributed by atoms with van der Waals surface area (Å²) in [7, 11) is 3.93. The number of nitrogens with zero attached hydrogens (tertiary/aromatic N) is 4. The number of hydrazine groups is 1. The van der Waals surface area contributed by atoms with Crippen molar-refractivity contribution in [3.63, 3.8) is 0 Å². The number of hydrogen-bond acceptors (Lipinski definition) is 8. The van der Waals surface area contributed by atoms with Crippen molar-refractivity contribution in [3.8, 4) is 0 Å². The molecule has 0 radical (unpaired) electrons. The SMILES string of the molecule is Cc1nc2ccccc2c(=O)n1NC(=O)CNNC(=S)N1C(=O)CSC1c1ccc(N(C)C)cc1. The number of fused-ring (bicyclic) bond motifs is 1. The van der Waals surface area contributed by atoms with E-state index in [1.54, 1.807) is 31.2 Å². The first-order valence-electron chi connectivity index (χ1n) is 10.8. The Morgan fingerprint density at radius 2 is 1.89 bits per heavy atom. The van der Waals surface area contributed by atoms with E-state index in [1.807, 2.05) is 43.3 Å². The van der Waals surface area contributed by atoms with Crippen molar-refractivity contribution in [1.82, 2.24) is 25.4 Å². The minimum atomic E-state index is -0.486. The number of aromatic nitrogens is 2. The smallest absolute Gasteiger partial charge is 0.280 e. The fourth-order valence-corrected chi connectivity index (χ4v) is 5.13. The fourth-order valence-electron chi connectivity index (χ4n) is 3.63. The van der Waals surface area contributed by atoms with Crippen LogP contribution in [0.25, 0.3) is 10.9 Å². The van der Waals surface area contributed by atoms with Gasteiger partial charge in [-0.3, -0.25) is 30.1 Å². The third-order valence-electron chi connectivity index (χ3n) is 5.41. The van der Waals surface area contributed by atoms with Gasteiger partial charge in [0.25, 0.3) is 11.5 Å². The lowest BCUT2D eigenvalue weighted by molar-refractivity contribution is -0.124. The number of hydrogen-bond donors (Lipinski definition) is 3. The minimum Gasteiger partial charge on any atom is -0.378 e. The van der Waals surface area contributed by atoms with Crippen LogP contribution in [0.5, 0.6) is 0 Å². The van der Waals surface area contributed by atoms with Gasteiger partial charge in [-0.2, -0.15) is 0 Å². The number of carbonyl (C=O) groups is 2. The van der Waals surface area contributed by atoms with Crippen molar-refractivity contribution in [1.29, 1.82) is 0 Å². The molecule has 3 N–H and O–H groups in total. The third kappa shape index (κ3) is 5.29. The number of thiocarbonyl (C=S) groups is 1. The second kappa shape index (κ2) is 10.4. The predicted molar refractivity (Wildman–Crippen MR) is 142 cm³/mol. The highest BCUT2D eigenvalue weighted by molar-refractivity contribution is 8.00. The lowest BCUT2D eigenvalue weighted by Crippen LogP contribution is -2.50. The van der Waals surface area contributed by atoms with Crippen LogP contribution in [0.4, 0.5) is 5.69 Å². The third-order valence-corrected chi connectivity index (χ3v) is 6.92. The first-order valence-corrected chi connectivity index (χ1v) is 12.2. The Morgan fingerprint density at radius 1 is 1.17 bits per heavy atom. The summed E-state index contributed by atoms with van der Waals surface area (Å²) < 4.78 is 1.11. The molecule has 1 fully saturated rings. The molecule has 10 nitrogen and oxygen atoms in total. The molecule has 1 aliphatic rings. The number of amides is 2. The zero-order chi connectivity index (χ0) is 25.1. The maximum Gasteiger partial charge on any atom is 0.280 e. The summed E-state index contributed by atoms with van der Waals surface area (Å²) in [4.78, 5) is 45.5. The van der Waals surface area contributed by atoms with Crippen LogP contribution < -0.4 is 26.7 Å². The van der Waals surface area contributed by atoms with Crippen LogP contribution in [0.2, 0.25) is 0 Å². The molecule has 182 valence electrons. The second-order valence-electron chi connectivity index (χ2n) is 8.05. The van der Waals surface area contributed by atoms with Crippen LogP contribution in [0.3, 0.4) is 0 Å². The molecule has 0 saturated carbocycles. The number of para-hydroxylation sites is 1. The molecule has 0 spiro atoms. The van der Waals surface area contributed by atoms with Gasteiger partial charge in [0.2, 0.25) is 5.91 Å². The zero-order valence-electron chi connectivity index (χ0n) is 19.4. The normalized spacial score (nSPS) is 15.3. The van der Waals surface area contributed by atoms with E-state index in [0.29, 0.717) is 22.5 Å². The lowest BCUT2D eigenvalue weighted by Gasteiger charge is -2.25. The van der Waals surface area contributed by atoms with E-state index in [2.05, 4.69) is 21.3 Å². The maximum atomic E-state index is 12.7. The van der Waals surface area contributed by atoms with Crippen molar-refractivity contribution >= 4 is 57.5 Å². The number of benzene rings is 2. The number of thioether (sulfide) groups is 1. The van der Waals surface area contributed by atoms with E-state index in [-0.39, 0.29) is 28.5 Å². The van der Waals surface area contributed by atoms with Crippen LogP contribution in [-0.4, -0.2) is 57.9 Å². The second-order valence-corrected chi connectivity index (χ2v) is 9.50. The average molecular weight is 512 g/mol. The molecule has 1 saturated heterocycles. The quantitative estimate of drug-likeness (QED) is 0.335. The maximum absolute atomic E-state index is 12.7. The lowest BCUT2D eigenvalue weighted by atomic mass is 10.2. The Kier molecular flexibility index (Phi) is 7.34. The molecular weight excluding hydrogens is 486 g/mol. The minimum absolute atomic E-state index is 0.121. The molecule has 35 heavy (non-hydrogen) atoms. The van der Waals surface area contributed by atoms with Gasteiger partial charge in [0.1, 0.15) is 11.2 Å². The summed E-state index contributed by atoms with van der Waals surface area (Å²) in [5.74, 6) is 0.0539. The number of nitrogens with one attached hydrogen (secondary N) is 3. The van der Waals surface area contributed by atoms with Gasteiger partial charge in [0, 0.05) is 19.8 Å². The Balaban J connectivity index is 1.37. The first-order chi connectivity index (χ1) is 16.8. The standard InChI is InChI=1S/C23H25N7O3S2/c1-14-25-18-7-5-4-6-17(18)21(33)30(14)27-19(31)12-24-26-23(34)29-20(32)13-35-22(29)15-8-10-16(11-9-15)28(2)3/h4-11,22,24H,12-13H2,1-3H3,(H,26,34)(H,27,31). The van der Waals surface area contributed by atoms with Gasteiger partial charge in [-0.1, -0.05) is 24.3 Å². The van der Waals surface area contributed by atoms with Crippen molar-refractivity contribution < 1.29 is 9.59 Å². The molecule has 1 aliphatic heterocycles. The van der Waals surface area contributed by atoms with E-state index >= 15 is 0 Å². The first kappa shape index (κ1) is 24.6. The van der Waals surface area contributed by atoms with Gasteiger partial charge >= 0.3 is 0 Å². The predicted octanol–water partition coefficient (Wildman–Crippen LogP) is 1.49. The Morgan fingerprint density at radius 3 is 2.60 bits per heavy atom. The molecule has 0 bridgehead atoms. The molecule has 1 atom stereocenters. The van der Waals surface area contributed by atoms with Gasteiger partial charge in [0.05, 0.1) is 23.2 Å². The van der Waals surface area contributed by atoms with Gasteiger partial charge in [-0.25, -0.2) is 15.1 Å². The highest BCUT2D eigenvalue weighted by Gasteiger charge is 2.35. The summed E-state index contributed by atoms with van der Waals surface area (Å²) in [6.07, 6.45) is 0. The molecule has 2 amide bonds. The molecule has 2 aromatic carbocycles. The largest absolute Gasteiger partial charge is 0.378 e. The Labute approximate surface area is 211 Å². The van der Waals surface area contributed by atoms with Crippen molar-refractivity contribution in [2.45, 2.75) is 12.3 Å². The summed E-state index contributed by atoms with van der Waals surface area (Å²) in [5.41, 5.74) is 10.2. The average Bonchev–Trinajstić information content (AvgIpc) is 3.23. The van der Waals surface area contributed by atoms with Crippen molar-refractivity contribution in [3.05, 3.63) is 70.3 Å². The summed E-state index contributed by atoms with van der Waals surface area (Å²) >= 11 is 6.91. The molecule has 2 heterocycles. The molecule has 4 rings (SSSR count). The van der Waals surface area contributed by atoms with Crippen LogP contribution >= 0.6 is 24.0 Å². The molecule has 12 heteroatoms. The molecule has 1 unspecified atom stereocenters. The van der Waals surface area contributed by atoms with E-state index in [9.17, 15) is 14.4 Å². The molecule has 3 aromatic rings. The van der Waals surface area contributed by atoms with Gasteiger partial charge in [0.15, 0.2) is 5.11 Å². The summed E-state index contributed by atoms with van der Waals surface area (Å²) in [6.45, 7) is 1.44. The van der Waals surface area contributed by atoms with Crippen molar-refractivity contribution in [2.24, 2.45) is 0 Å². The van der Waals surface area contributed by atoms with E-state index < -0.39 is 5.91 Å². The van der Waals surface area contributed by atoms with Gasteiger partial charge < -0.3 is 4.90 Å². The van der Waals surface area contributed by atoms with E-state index in [0.717, 1.165) is 15.9 Å². The zero-order valence-corrected chi connectivity index (χ0v) is 21.1. The Bertz CT molecular complexity index is 1340. The van der Waals surface area contributed by atoms with E-state index in [1.165, 1.54) is 16.7 Å². The van der Waals surface area contributed by atoms with Crippen LogP contribution in [0.1, 0.15) is 16.8 Å². The molecular formula is C23H25N7O3S2. The van der Waals surface area contributed by atoms with E-state index in [4.69, 9.17) is 12.2 Å².